The fourth-order valence-electron chi connectivity index (χ4n) is 1.75. The Balaban J connectivity index is 2.76. The van der Waals surface area contributed by atoms with Crippen LogP contribution in [-0.2, 0) is 12.0 Å². The topological polar surface area (TPSA) is 29.3 Å². The summed E-state index contributed by atoms with van der Waals surface area (Å²) in [6.07, 6.45) is 0. The number of nitrogens with zero attached hydrogens (tertiary/aromatic N) is 1. The molecule has 0 amide bonds. The maximum absolute atomic E-state index is 5.80. The fraction of sp³-hybridized carbons (Fsp3) is 0.625. The number of likely N-dealkylation sites (N-methyl/N-ethyl adjacent to an activating group) is 1. The summed E-state index contributed by atoms with van der Waals surface area (Å²) in [5.74, 6) is 0. The summed E-state index contributed by atoms with van der Waals surface area (Å²) < 4.78 is 0. The molecule has 0 heterocycles. The number of benzene rings is 1. The Bertz CT molecular complexity index is 371. The standard InChI is InChI=1S/C16H28N2/c1-15(2,3)14-9-7-13(8-10-14)11-18(6)16(4,5)12-17/h7-10H,11-12,17H2,1-6H3. The number of hydrogen-bond acceptors (Lipinski definition) is 2. The summed E-state index contributed by atoms with van der Waals surface area (Å²) in [6.45, 7) is 12.7. The molecule has 1 aromatic rings. The van der Waals surface area contributed by atoms with E-state index in [9.17, 15) is 0 Å². The summed E-state index contributed by atoms with van der Waals surface area (Å²) >= 11 is 0. The molecule has 2 nitrogen and oxygen atoms in total. The van der Waals surface area contributed by atoms with Crippen molar-refractivity contribution in [1.82, 2.24) is 4.90 Å². The van der Waals surface area contributed by atoms with Gasteiger partial charge in [0.1, 0.15) is 0 Å². The van der Waals surface area contributed by atoms with Crippen molar-refractivity contribution in [1.29, 1.82) is 0 Å². The smallest absolute Gasteiger partial charge is 0.0275 e. The van der Waals surface area contributed by atoms with Crippen LogP contribution in [-0.4, -0.2) is 24.0 Å². The minimum absolute atomic E-state index is 0.0443. The van der Waals surface area contributed by atoms with Gasteiger partial charge in [-0.15, -0.1) is 0 Å². The Morgan fingerprint density at radius 1 is 1.00 bits per heavy atom. The van der Waals surface area contributed by atoms with Gasteiger partial charge in [0.25, 0.3) is 0 Å². The molecule has 0 unspecified atom stereocenters. The fourth-order valence-corrected chi connectivity index (χ4v) is 1.75. The molecule has 18 heavy (non-hydrogen) atoms. The van der Waals surface area contributed by atoms with Gasteiger partial charge in [0, 0.05) is 18.6 Å². The highest BCUT2D eigenvalue weighted by molar-refractivity contribution is 5.27. The van der Waals surface area contributed by atoms with E-state index >= 15 is 0 Å². The van der Waals surface area contributed by atoms with Crippen molar-refractivity contribution in [2.45, 2.75) is 52.1 Å². The molecular formula is C16H28N2. The van der Waals surface area contributed by atoms with Crippen LogP contribution >= 0.6 is 0 Å². The molecular weight excluding hydrogens is 220 g/mol. The highest BCUT2D eigenvalue weighted by atomic mass is 15.2. The third-order valence-electron chi connectivity index (χ3n) is 3.77. The van der Waals surface area contributed by atoms with E-state index in [0.717, 1.165) is 6.54 Å². The van der Waals surface area contributed by atoms with Crippen LogP contribution in [0.25, 0.3) is 0 Å². The van der Waals surface area contributed by atoms with Crippen molar-refractivity contribution < 1.29 is 0 Å². The number of hydrogen-bond donors (Lipinski definition) is 1. The minimum atomic E-state index is 0.0443. The third-order valence-corrected chi connectivity index (χ3v) is 3.77. The van der Waals surface area contributed by atoms with Crippen LogP contribution in [0.5, 0.6) is 0 Å². The molecule has 2 N–H and O–H groups in total. The molecule has 0 atom stereocenters. The zero-order valence-corrected chi connectivity index (χ0v) is 12.7. The van der Waals surface area contributed by atoms with Gasteiger partial charge in [-0.1, -0.05) is 45.0 Å². The molecule has 0 bridgehead atoms. The van der Waals surface area contributed by atoms with Crippen molar-refractivity contribution in [2.24, 2.45) is 5.73 Å². The molecule has 1 rings (SSSR count). The van der Waals surface area contributed by atoms with Gasteiger partial charge in [0.2, 0.25) is 0 Å². The van der Waals surface area contributed by atoms with E-state index in [2.05, 4.69) is 70.8 Å². The highest BCUT2D eigenvalue weighted by Crippen LogP contribution is 2.23. The van der Waals surface area contributed by atoms with E-state index in [1.807, 2.05) is 0 Å². The SMILES string of the molecule is CN(Cc1ccc(C(C)(C)C)cc1)C(C)(C)CN. The highest BCUT2D eigenvalue weighted by Gasteiger charge is 2.21. The molecule has 0 aliphatic carbocycles. The Morgan fingerprint density at radius 2 is 1.50 bits per heavy atom. The lowest BCUT2D eigenvalue weighted by atomic mass is 9.86. The normalized spacial score (nSPS) is 13.1. The third kappa shape index (κ3) is 3.82. The Kier molecular flexibility index (Phi) is 4.57. The van der Waals surface area contributed by atoms with Gasteiger partial charge >= 0.3 is 0 Å². The van der Waals surface area contributed by atoms with Gasteiger partial charge in [-0.3, -0.25) is 4.90 Å². The first-order chi connectivity index (χ1) is 8.16. The van der Waals surface area contributed by atoms with Crippen molar-refractivity contribution in [2.75, 3.05) is 13.6 Å². The first-order valence-corrected chi connectivity index (χ1v) is 6.67. The second-order valence-corrected chi connectivity index (χ2v) is 6.82. The lowest BCUT2D eigenvalue weighted by Gasteiger charge is -2.34. The molecule has 0 radical (unpaired) electrons. The van der Waals surface area contributed by atoms with Crippen LogP contribution in [0.15, 0.2) is 24.3 Å². The van der Waals surface area contributed by atoms with E-state index in [1.165, 1.54) is 11.1 Å². The van der Waals surface area contributed by atoms with Crippen LogP contribution in [0.1, 0.15) is 45.7 Å². The van der Waals surface area contributed by atoms with Crippen LogP contribution in [0.4, 0.5) is 0 Å². The zero-order valence-electron chi connectivity index (χ0n) is 12.7. The van der Waals surface area contributed by atoms with E-state index < -0.39 is 0 Å². The summed E-state index contributed by atoms with van der Waals surface area (Å²) in [6, 6.07) is 8.92. The van der Waals surface area contributed by atoms with Gasteiger partial charge in [-0.25, -0.2) is 0 Å². The summed E-state index contributed by atoms with van der Waals surface area (Å²) in [4.78, 5) is 2.30. The second kappa shape index (κ2) is 5.41. The van der Waals surface area contributed by atoms with Crippen molar-refractivity contribution in [3.8, 4) is 0 Å². The van der Waals surface area contributed by atoms with E-state index in [4.69, 9.17) is 5.73 Å². The number of rotatable bonds is 4. The van der Waals surface area contributed by atoms with Gasteiger partial charge in [-0.05, 0) is 37.4 Å². The molecule has 0 spiro atoms. The number of nitrogens with two attached hydrogens (primary N) is 1. The summed E-state index contributed by atoms with van der Waals surface area (Å²) in [5.41, 5.74) is 8.79. The van der Waals surface area contributed by atoms with Crippen LogP contribution in [0.2, 0.25) is 0 Å². The molecule has 0 aromatic heterocycles. The Morgan fingerprint density at radius 3 is 1.89 bits per heavy atom. The lowest BCUT2D eigenvalue weighted by Crippen LogP contribution is -2.46. The summed E-state index contributed by atoms with van der Waals surface area (Å²) in [7, 11) is 2.13. The van der Waals surface area contributed by atoms with Gasteiger partial charge < -0.3 is 5.73 Å². The van der Waals surface area contributed by atoms with Crippen molar-refractivity contribution >= 4 is 0 Å². The maximum atomic E-state index is 5.80. The predicted molar refractivity (Wildman–Crippen MR) is 79.7 cm³/mol. The first-order valence-electron chi connectivity index (χ1n) is 6.67. The molecule has 102 valence electrons. The maximum Gasteiger partial charge on any atom is 0.0275 e. The van der Waals surface area contributed by atoms with E-state index in [0.29, 0.717) is 6.54 Å². The largest absolute Gasteiger partial charge is 0.329 e. The minimum Gasteiger partial charge on any atom is -0.329 e. The molecule has 2 heteroatoms. The average Bonchev–Trinajstić information content (AvgIpc) is 2.28. The Hall–Kier alpha value is -0.860. The predicted octanol–water partition coefficient (Wildman–Crippen LogP) is 3.15. The average molecular weight is 248 g/mol. The van der Waals surface area contributed by atoms with E-state index in [1.54, 1.807) is 0 Å². The molecule has 0 fully saturated rings. The van der Waals surface area contributed by atoms with Gasteiger partial charge in [0.15, 0.2) is 0 Å². The second-order valence-electron chi connectivity index (χ2n) is 6.82. The quantitative estimate of drug-likeness (QED) is 0.887. The van der Waals surface area contributed by atoms with Crippen LogP contribution < -0.4 is 5.73 Å². The Labute approximate surface area is 112 Å². The molecule has 0 aliphatic heterocycles. The van der Waals surface area contributed by atoms with E-state index in [-0.39, 0.29) is 11.0 Å². The molecule has 0 saturated carbocycles. The van der Waals surface area contributed by atoms with Crippen LogP contribution in [0.3, 0.4) is 0 Å². The monoisotopic (exact) mass is 248 g/mol. The summed E-state index contributed by atoms with van der Waals surface area (Å²) in [5, 5.41) is 0. The molecule has 0 saturated heterocycles. The van der Waals surface area contributed by atoms with Gasteiger partial charge in [0.05, 0.1) is 0 Å². The first kappa shape index (κ1) is 15.2. The molecule has 1 aromatic carbocycles. The van der Waals surface area contributed by atoms with Crippen molar-refractivity contribution in [3.63, 3.8) is 0 Å². The van der Waals surface area contributed by atoms with Crippen LogP contribution in [0, 0.1) is 0 Å². The van der Waals surface area contributed by atoms with Crippen molar-refractivity contribution in [3.05, 3.63) is 35.4 Å². The zero-order chi connectivity index (χ0) is 14.0. The molecule has 0 aliphatic rings. The van der Waals surface area contributed by atoms with Gasteiger partial charge in [-0.2, -0.15) is 0 Å². The lowest BCUT2D eigenvalue weighted by molar-refractivity contribution is 0.155.